The summed E-state index contributed by atoms with van der Waals surface area (Å²) in [4.78, 5) is 7.72. The van der Waals surface area contributed by atoms with Crippen LogP contribution < -0.4 is 10.6 Å². The molecule has 0 aromatic carbocycles. The average molecular weight is 378 g/mol. The van der Waals surface area contributed by atoms with Crippen molar-refractivity contribution in [2.24, 2.45) is 0 Å². The Morgan fingerprint density at radius 2 is 2.04 bits per heavy atom. The minimum atomic E-state index is -4.52. The van der Waals surface area contributed by atoms with Gasteiger partial charge in [0.25, 0.3) is 0 Å². The molecule has 1 aliphatic rings. The lowest BCUT2D eigenvalue weighted by Gasteiger charge is -2.14. The van der Waals surface area contributed by atoms with Crippen molar-refractivity contribution in [2.75, 3.05) is 17.7 Å². The van der Waals surface area contributed by atoms with Crippen LogP contribution in [-0.2, 0) is 12.7 Å². The molecule has 1 unspecified atom stereocenters. The molecule has 1 aliphatic heterocycles. The highest BCUT2D eigenvalue weighted by atomic mass is 19.4. The molecule has 0 aliphatic carbocycles. The number of hydrogen-bond donors (Lipinski definition) is 2. The van der Waals surface area contributed by atoms with Gasteiger partial charge in [0.2, 0.25) is 5.95 Å². The fourth-order valence-electron chi connectivity index (χ4n) is 3.27. The second-order valence-corrected chi connectivity index (χ2v) is 6.20. The van der Waals surface area contributed by atoms with Gasteiger partial charge in [-0.05, 0) is 19.4 Å². The minimum absolute atomic E-state index is 0.0615. The van der Waals surface area contributed by atoms with Gasteiger partial charge in [-0.1, -0.05) is 0 Å². The zero-order chi connectivity index (χ0) is 19.2. The summed E-state index contributed by atoms with van der Waals surface area (Å²) in [5.41, 5.74) is 1.64. The number of rotatable bonds is 4. The van der Waals surface area contributed by atoms with Crippen LogP contribution >= 0.6 is 0 Å². The average Bonchev–Trinajstić information content (AvgIpc) is 3.31. The molecule has 3 aromatic heterocycles. The lowest BCUT2D eigenvalue weighted by molar-refractivity contribution is -0.137. The molecule has 11 heteroatoms. The van der Waals surface area contributed by atoms with Crippen LogP contribution in [0.3, 0.4) is 0 Å². The van der Waals surface area contributed by atoms with Gasteiger partial charge < -0.3 is 10.6 Å². The van der Waals surface area contributed by atoms with Crippen LogP contribution in [0, 0.1) is 6.92 Å². The number of anilines is 3. The summed E-state index contributed by atoms with van der Waals surface area (Å²) in [6, 6.07) is 2.04. The van der Waals surface area contributed by atoms with Crippen molar-refractivity contribution >= 4 is 17.5 Å². The number of nitrogens with zero attached hydrogens (tertiary/aromatic N) is 6. The quantitative estimate of drug-likeness (QED) is 0.726. The van der Waals surface area contributed by atoms with E-state index in [1.165, 1.54) is 7.05 Å². The first-order chi connectivity index (χ1) is 12.9. The van der Waals surface area contributed by atoms with Crippen LogP contribution in [0.15, 0.2) is 24.7 Å². The molecule has 0 amide bonds. The smallest absolute Gasteiger partial charge is 0.372 e. The summed E-state index contributed by atoms with van der Waals surface area (Å²) in [5, 5.41) is 14.1. The summed E-state index contributed by atoms with van der Waals surface area (Å²) in [7, 11) is 1.38. The Morgan fingerprint density at radius 3 is 2.78 bits per heavy atom. The minimum Gasteiger partial charge on any atom is -0.372 e. The van der Waals surface area contributed by atoms with E-state index in [4.69, 9.17) is 0 Å². The number of aryl methyl sites for hydroxylation is 1. The van der Waals surface area contributed by atoms with Gasteiger partial charge in [0, 0.05) is 26.0 Å². The van der Waals surface area contributed by atoms with E-state index < -0.39 is 11.7 Å². The Kier molecular flexibility index (Phi) is 4.01. The predicted molar refractivity (Wildman–Crippen MR) is 91.8 cm³/mol. The zero-order valence-electron chi connectivity index (χ0n) is 14.6. The maximum Gasteiger partial charge on any atom is 0.421 e. The lowest BCUT2D eigenvalue weighted by atomic mass is 10.2. The molecule has 1 atom stereocenters. The third kappa shape index (κ3) is 2.98. The first kappa shape index (κ1) is 17.3. The van der Waals surface area contributed by atoms with Crippen molar-refractivity contribution in [1.82, 2.24) is 29.5 Å². The molecule has 0 saturated heterocycles. The largest absolute Gasteiger partial charge is 0.421 e. The zero-order valence-corrected chi connectivity index (χ0v) is 14.6. The summed E-state index contributed by atoms with van der Waals surface area (Å²) in [5.74, 6) is -0.226. The predicted octanol–water partition coefficient (Wildman–Crippen LogP) is 2.98. The van der Waals surface area contributed by atoms with Crippen molar-refractivity contribution < 1.29 is 13.2 Å². The van der Waals surface area contributed by atoms with E-state index in [2.05, 4.69) is 30.8 Å². The van der Waals surface area contributed by atoms with Crippen LogP contribution in [0.4, 0.5) is 30.6 Å². The van der Waals surface area contributed by atoms with Crippen molar-refractivity contribution in [2.45, 2.75) is 32.1 Å². The van der Waals surface area contributed by atoms with Crippen molar-refractivity contribution in [3.8, 4) is 0 Å². The monoisotopic (exact) mass is 378 g/mol. The maximum atomic E-state index is 13.0. The summed E-state index contributed by atoms with van der Waals surface area (Å²) < 4.78 is 42.7. The van der Waals surface area contributed by atoms with Crippen molar-refractivity contribution in [3.05, 3.63) is 41.6 Å². The Balaban J connectivity index is 1.61. The molecule has 0 radical (unpaired) electrons. The summed E-state index contributed by atoms with van der Waals surface area (Å²) in [6.45, 7) is 2.71. The van der Waals surface area contributed by atoms with E-state index in [9.17, 15) is 13.2 Å². The van der Waals surface area contributed by atoms with Crippen molar-refractivity contribution in [1.29, 1.82) is 0 Å². The second-order valence-electron chi connectivity index (χ2n) is 6.20. The van der Waals surface area contributed by atoms with E-state index >= 15 is 0 Å². The van der Waals surface area contributed by atoms with Crippen LogP contribution in [0.25, 0.3) is 0 Å². The molecule has 142 valence electrons. The molecule has 4 rings (SSSR count). The van der Waals surface area contributed by atoms with E-state index in [1.807, 2.05) is 22.4 Å². The Hall–Kier alpha value is -3.11. The SMILES string of the molecule is CNc1nc(Nc2cnn(C3CCn4nccc43)c2C)ncc1C(F)(F)F. The molecular weight excluding hydrogens is 361 g/mol. The molecule has 0 spiro atoms. The van der Waals surface area contributed by atoms with Crippen LogP contribution in [0.5, 0.6) is 0 Å². The molecule has 27 heavy (non-hydrogen) atoms. The highest BCUT2D eigenvalue weighted by molar-refractivity contribution is 5.58. The van der Waals surface area contributed by atoms with Crippen LogP contribution in [0.1, 0.15) is 29.4 Å². The normalized spacial score (nSPS) is 16.4. The summed E-state index contributed by atoms with van der Waals surface area (Å²) >= 11 is 0. The Labute approximate surface area is 152 Å². The van der Waals surface area contributed by atoms with Gasteiger partial charge in [0.15, 0.2) is 0 Å². The number of fused-ring (bicyclic) bond motifs is 1. The lowest BCUT2D eigenvalue weighted by Crippen LogP contribution is -2.13. The van der Waals surface area contributed by atoms with E-state index in [0.29, 0.717) is 5.69 Å². The molecular formula is C16H17F3N8. The van der Waals surface area contributed by atoms with E-state index in [0.717, 1.165) is 30.6 Å². The van der Waals surface area contributed by atoms with Gasteiger partial charge in [-0.25, -0.2) is 4.98 Å². The Morgan fingerprint density at radius 1 is 1.22 bits per heavy atom. The molecule has 3 aromatic rings. The van der Waals surface area contributed by atoms with Crippen LogP contribution in [0.2, 0.25) is 0 Å². The maximum absolute atomic E-state index is 13.0. The van der Waals surface area contributed by atoms with E-state index in [1.54, 1.807) is 12.4 Å². The number of aromatic nitrogens is 6. The fourth-order valence-corrected chi connectivity index (χ4v) is 3.27. The standard InChI is InChI=1S/C16H17F3N8/c1-9-11(8-23-27(9)13-4-6-26-12(13)3-5-22-26)24-15-21-7-10(16(17,18)19)14(20-2)25-15/h3,5,7-8,13H,4,6H2,1-2H3,(H2,20,21,24,25). The molecule has 2 N–H and O–H groups in total. The topological polar surface area (TPSA) is 85.5 Å². The Bertz CT molecular complexity index is 974. The molecule has 4 heterocycles. The second kappa shape index (κ2) is 6.25. The molecule has 0 saturated carbocycles. The van der Waals surface area contributed by atoms with Gasteiger partial charge in [-0.2, -0.15) is 28.4 Å². The molecule has 0 bridgehead atoms. The summed E-state index contributed by atoms with van der Waals surface area (Å²) in [6.07, 6.45) is 0.495. The van der Waals surface area contributed by atoms with Crippen molar-refractivity contribution in [3.63, 3.8) is 0 Å². The highest BCUT2D eigenvalue weighted by Gasteiger charge is 2.35. The first-order valence-corrected chi connectivity index (χ1v) is 8.33. The fraction of sp³-hybridized carbons (Fsp3) is 0.375. The van der Waals surface area contributed by atoms with Gasteiger partial charge >= 0.3 is 6.18 Å². The third-order valence-corrected chi connectivity index (χ3v) is 4.62. The molecule has 8 nitrogen and oxygen atoms in total. The number of hydrogen-bond acceptors (Lipinski definition) is 6. The van der Waals surface area contributed by atoms with Gasteiger partial charge in [-0.3, -0.25) is 9.36 Å². The van der Waals surface area contributed by atoms with Gasteiger partial charge in [0.05, 0.1) is 29.3 Å². The molecule has 0 fully saturated rings. The van der Waals surface area contributed by atoms with E-state index in [-0.39, 0.29) is 17.8 Å². The van der Waals surface area contributed by atoms with Gasteiger partial charge in [-0.15, -0.1) is 0 Å². The number of nitrogens with one attached hydrogen (secondary N) is 2. The number of alkyl halides is 3. The highest BCUT2D eigenvalue weighted by Crippen LogP contribution is 2.35. The van der Waals surface area contributed by atoms with Gasteiger partial charge in [0.1, 0.15) is 11.4 Å². The third-order valence-electron chi connectivity index (χ3n) is 4.62. The first-order valence-electron chi connectivity index (χ1n) is 8.33. The van der Waals surface area contributed by atoms with Crippen LogP contribution in [-0.4, -0.2) is 36.6 Å². The number of halogens is 3.